The number of hydrogen-bond donors (Lipinski definition) is 2. The topological polar surface area (TPSA) is 32.3 Å². The minimum Gasteiger partial charge on any atom is -0.392 e. The van der Waals surface area contributed by atoms with Gasteiger partial charge >= 0.3 is 0 Å². The summed E-state index contributed by atoms with van der Waals surface area (Å²) in [5.74, 6) is 0. The molecule has 0 fully saturated rings. The average molecular weight is 215 g/mol. The Morgan fingerprint density at radius 1 is 1.12 bits per heavy atom. The maximum atomic E-state index is 9.18. The molecule has 2 rings (SSSR count). The Morgan fingerprint density at radius 2 is 1.88 bits per heavy atom. The second kappa shape index (κ2) is 5.10. The monoisotopic (exact) mass is 215 g/mol. The summed E-state index contributed by atoms with van der Waals surface area (Å²) < 4.78 is 0. The number of aliphatic hydroxyl groups is 1. The van der Waals surface area contributed by atoms with Gasteiger partial charge in [0.05, 0.1) is 6.10 Å². The zero-order valence-corrected chi connectivity index (χ0v) is 9.48. The van der Waals surface area contributed by atoms with Crippen molar-refractivity contribution < 1.29 is 5.11 Å². The average Bonchev–Trinajstić information content (AvgIpc) is 2.29. The summed E-state index contributed by atoms with van der Waals surface area (Å²) in [6, 6.07) is 14.7. The Bertz CT molecular complexity index is 460. The van der Waals surface area contributed by atoms with Gasteiger partial charge in [-0.1, -0.05) is 42.5 Å². The molecule has 2 aromatic rings. The predicted molar refractivity (Wildman–Crippen MR) is 67.3 cm³/mol. The van der Waals surface area contributed by atoms with E-state index in [4.69, 9.17) is 0 Å². The van der Waals surface area contributed by atoms with Crippen molar-refractivity contribution in [1.29, 1.82) is 0 Å². The highest BCUT2D eigenvalue weighted by Gasteiger charge is 2.00. The van der Waals surface area contributed by atoms with Gasteiger partial charge in [-0.15, -0.1) is 0 Å². The molecule has 2 N–H and O–H groups in total. The fraction of sp³-hybridized carbons (Fsp3) is 0.286. The maximum absolute atomic E-state index is 9.18. The molecule has 0 saturated carbocycles. The lowest BCUT2D eigenvalue weighted by Crippen LogP contribution is -2.23. The summed E-state index contributed by atoms with van der Waals surface area (Å²) in [5, 5.41) is 15.0. The predicted octanol–water partition coefficient (Wildman–Crippen LogP) is 2.31. The third-order valence-electron chi connectivity index (χ3n) is 2.64. The van der Waals surface area contributed by atoms with Crippen LogP contribution in [0, 0.1) is 0 Å². The largest absolute Gasteiger partial charge is 0.392 e. The van der Waals surface area contributed by atoms with Crippen molar-refractivity contribution in [3.8, 4) is 0 Å². The lowest BCUT2D eigenvalue weighted by Gasteiger charge is -2.09. The Morgan fingerprint density at radius 3 is 2.69 bits per heavy atom. The van der Waals surface area contributed by atoms with E-state index < -0.39 is 0 Å². The summed E-state index contributed by atoms with van der Waals surface area (Å²) in [4.78, 5) is 0. The van der Waals surface area contributed by atoms with E-state index in [2.05, 4.69) is 47.8 Å². The minimum atomic E-state index is -0.296. The molecule has 0 aliphatic rings. The van der Waals surface area contributed by atoms with E-state index in [0.29, 0.717) is 6.54 Å². The molecule has 84 valence electrons. The van der Waals surface area contributed by atoms with Crippen LogP contribution in [0.5, 0.6) is 0 Å². The quantitative estimate of drug-likeness (QED) is 0.820. The van der Waals surface area contributed by atoms with Gasteiger partial charge in [0.25, 0.3) is 0 Å². The van der Waals surface area contributed by atoms with Crippen LogP contribution in [0.25, 0.3) is 10.8 Å². The molecule has 2 aromatic carbocycles. The number of aliphatic hydroxyl groups excluding tert-OH is 1. The van der Waals surface area contributed by atoms with Crippen LogP contribution in [0.15, 0.2) is 42.5 Å². The van der Waals surface area contributed by atoms with E-state index in [1.807, 2.05) is 0 Å². The molecule has 16 heavy (non-hydrogen) atoms. The van der Waals surface area contributed by atoms with Gasteiger partial charge in [0.2, 0.25) is 0 Å². The van der Waals surface area contributed by atoms with Crippen LogP contribution in [0.1, 0.15) is 12.5 Å². The first-order valence-corrected chi connectivity index (χ1v) is 5.63. The molecule has 0 aliphatic heterocycles. The van der Waals surface area contributed by atoms with Gasteiger partial charge in [0.1, 0.15) is 0 Å². The third-order valence-corrected chi connectivity index (χ3v) is 2.64. The molecule has 0 aromatic heterocycles. The minimum absolute atomic E-state index is 0.296. The first-order chi connectivity index (χ1) is 7.77. The molecule has 1 atom stereocenters. The SMILES string of the molecule is C[C@@H](O)CNCc1cccc2ccccc12. The molecule has 0 heterocycles. The van der Waals surface area contributed by atoms with Gasteiger partial charge < -0.3 is 10.4 Å². The number of nitrogens with one attached hydrogen (secondary N) is 1. The second-order valence-corrected chi connectivity index (χ2v) is 4.12. The second-order valence-electron chi connectivity index (χ2n) is 4.12. The van der Waals surface area contributed by atoms with Gasteiger partial charge in [-0.05, 0) is 23.3 Å². The molecule has 0 radical (unpaired) electrons. The third kappa shape index (κ3) is 2.60. The van der Waals surface area contributed by atoms with Gasteiger partial charge in [-0.3, -0.25) is 0 Å². The maximum Gasteiger partial charge on any atom is 0.0636 e. The smallest absolute Gasteiger partial charge is 0.0636 e. The molecule has 0 unspecified atom stereocenters. The first-order valence-electron chi connectivity index (χ1n) is 5.63. The Labute approximate surface area is 95.9 Å². The zero-order chi connectivity index (χ0) is 11.4. The van der Waals surface area contributed by atoms with Crippen molar-refractivity contribution in [2.45, 2.75) is 19.6 Å². The van der Waals surface area contributed by atoms with Crippen molar-refractivity contribution in [3.05, 3.63) is 48.0 Å². The molecule has 2 heteroatoms. The van der Waals surface area contributed by atoms with Crippen molar-refractivity contribution in [2.75, 3.05) is 6.54 Å². The first kappa shape index (κ1) is 11.1. The molecule has 0 spiro atoms. The molecule has 0 saturated heterocycles. The fourth-order valence-electron chi connectivity index (χ4n) is 1.86. The Kier molecular flexibility index (Phi) is 3.54. The molecule has 2 nitrogen and oxygen atoms in total. The van der Waals surface area contributed by atoms with E-state index in [-0.39, 0.29) is 6.10 Å². The Balaban J connectivity index is 2.17. The van der Waals surface area contributed by atoms with E-state index in [9.17, 15) is 5.11 Å². The fourth-order valence-corrected chi connectivity index (χ4v) is 1.86. The molecular weight excluding hydrogens is 198 g/mol. The Hall–Kier alpha value is -1.38. The molecular formula is C14H17NO. The zero-order valence-electron chi connectivity index (χ0n) is 9.48. The summed E-state index contributed by atoms with van der Waals surface area (Å²) in [5.41, 5.74) is 1.28. The van der Waals surface area contributed by atoms with Crippen LogP contribution >= 0.6 is 0 Å². The van der Waals surface area contributed by atoms with Gasteiger partial charge in [-0.25, -0.2) is 0 Å². The summed E-state index contributed by atoms with van der Waals surface area (Å²) in [6.07, 6.45) is -0.296. The van der Waals surface area contributed by atoms with Gasteiger partial charge in [0, 0.05) is 13.1 Å². The van der Waals surface area contributed by atoms with Crippen LogP contribution in [0.3, 0.4) is 0 Å². The van der Waals surface area contributed by atoms with Crippen molar-refractivity contribution in [2.24, 2.45) is 0 Å². The summed E-state index contributed by atoms with van der Waals surface area (Å²) in [7, 11) is 0. The number of rotatable bonds is 4. The molecule has 0 amide bonds. The van der Waals surface area contributed by atoms with E-state index in [0.717, 1.165) is 6.54 Å². The van der Waals surface area contributed by atoms with Crippen molar-refractivity contribution in [3.63, 3.8) is 0 Å². The molecule has 0 bridgehead atoms. The van der Waals surface area contributed by atoms with Crippen LogP contribution in [-0.4, -0.2) is 17.8 Å². The summed E-state index contributed by atoms with van der Waals surface area (Å²) >= 11 is 0. The number of hydrogen-bond acceptors (Lipinski definition) is 2. The molecule has 0 aliphatic carbocycles. The van der Waals surface area contributed by atoms with E-state index >= 15 is 0 Å². The number of fused-ring (bicyclic) bond motifs is 1. The normalized spacial score (nSPS) is 12.9. The highest BCUT2D eigenvalue weighted by atomic mass is 16.3. The van der Waals surface area contributed by atoms with Crippen LogP contribution < -0.4 is 5.32 Å². The van der Waals surface area contributed by atoms with Crippen LogP contribution in [0.4, 0.5) is 0 Å². The number of benzene rings is 2. The van der Waals surface area contributed by atoms with E-state index in [1.165, 1.54) is 16.3 Å². The van der Waals surface area contributed by atoms with E-state index in [1.54, 1.807) is 6.92 Å². The van der Waals surface area contributed by atoms with Gasteiger partial charge in [-0.2, -0.15) is 0 Å². The van der Waals surface area contributed by atoms with Crippen molar-refractivity contribution in [1.82, 2.24) is 5.32 Å². The highest BCUT2D eigenvalue weighted by Crippen LogP contribution is 2.17. The highest BCUT2D eigenvalue weighted by molar-refractivity contribution is 5.85. The standard InChI is InChI=1S/C14H17NO/c1-11(16)9-15-10-13-7-4-6-12-5-2-3-8-14(12)13/h2-8,11,15-16H,9-10H2,1H3/t11-/m1/s1. The summed E-state index contributed by atoms with van der Waals surface area (Å²) in [6.45, 7) is 3.21. The van der Waals surface area contributed by atoms with Crippen LogP contribution in [-0.2, 0) is 6.54 Å². The lowest BCUT2D eigenvalue weighted by molar-refractivity contribution is 0.191. The van der Waals surface area contributed by atoms with Crippen molar-refractivity contribution >= 4 is 10.8 Å². The van der Waals surface area contributed by atoms with Crippen LogP contribution in [0.2, 0.25) is 0 Å². The van der Waals surface area contributed by atoms with Gasteiger partial charge in [0.15, 0.2) is 0 Å². The lowest BCUT2D eigenvalue weighted by atomic mass is 10.0.